The molecule has 0 aliphatic heterocycles. The maximum Gasteiger partial charge on any atom is 0.242 e. The van der Waals surface area contributed by atoms with Crippen LogP contribution in [0, 0.1) is 5.92 Å². The topological polar surface area (TPSA) is 72.2 Å². The third kappa shape index (κ3) is 3.54. The number of nitrogen functional groups attached to an aromatic ring is 1. The first kappa shape index (κ1) is 15.8. The van der Waals surface area contributed by atoms with Crippen LogP contribution < -0.4 is 10.5 Å². The zero-order chi connectivity index (χ0) is 14.8. The van der Waals surface area contributed by atoms with E-state index >= 15 is 0 Å². The fourth-order valence-corrected chi connectivity index (χ4v) is 5.18. The SMILES string of the molecule is CCC1CCCCC1NS(=O)(=O)c1cc(N)ccc1Br. The van der Waals surface area contributed by atoms with Gasteiger partial charge in [0.2, 0.25) is 10.0 Å². The molecule has 0 amide bonds. The van der Waals surface area contributed by atoms with Crippen molar-refractivity contribution in [3.8, 4) is 0 Å². The summed E-state index contributed by atoms with van der Waals surface area (Å²) in [5.41, 5.74) is 6.15. The van der Waals surface area contributed by atoms with Gasteiger partial charge in [-0.25, -0.2) is 13.1 Å². The van der Waals surface area contributed by atoms with Gasteiger partial charge in [0.25, 0.3) is 0 Å². The lowest BCUT2D eigenvalue weighted by molar-refractivity contribution is 0.282. The molecule has 1 aliphatic carbocycles. The lowest BCUT2D eigenvalue weighted by Gasteiger charge is -2.31. The molecule has 1 fully saturated rings. The molecule has 2 atom stereocenters. The first-order chi connectivity index (χ1) is 9.44. The van der Waals surface area contributed by atoms with Gasteiger partial charge in [-0.05, 0) is 52.9 Å². The lowest BCUT2D eigenvalue weighted by Crippen LogP contribution is -2.41. The second-order valence-electron chi connectivity index (χ2n) is 5.37. The van der Waals surface area contributed by atoms with Crippen LogP contribution in [0.2, 0.25) is 0 Å². The number of nitrogens with one attached hydrogen (secondary N) is 1. The van der Waals surface area contributed by atoms with Crippen molar-refractivity contribution in [2.24, 2.45) is 5.92 Å². The number of rotatable bonds is 4. The highest BCUT2D eigenvalue weighted by Gasteiger charge is 2.29. The summed E-state index contributed by atoms with van der Waals surface area (Å²) in [6.45, 7) is 2.12. The van der Waals surface area contributed by atoms with Crippen molar-refractivity contribution >= 4 is 31.6 Å². The maximum atomic E-state index is 12.5. The summed E-state index contributed by atoms with van der Waals surface area (Å²) in [5.74, 6) is 0.429. The second kappa shape index (κ2) is 6.45. The fourth-order valence-electron chi connectivity index (χ4n) is 2.84. The molecule has 2 unspecified atom stereocenters. The van der Waals surface area contributed by atoms with Crippen molar-refractivity contribution in [1.82, 2.24) is 4.72 Å². The molecule has 1 aliphatic rings. The molecule has 6 heteroatoms. The minimum absolute atomic E-state index is 0.0343. The standard InChI is InChI=1S/C14H21BrN2O2S/c1-2-10-5-3-4-6-13(10)17-20(18,19)14-9-11(16)7-8-12(14)15/h7-10,13,17H,2-6,16H2,1H3. The van der Waals surface area contributed by atoms with Crippen LogP contribution in [0.4, 0.5) is 5.69 Å². The summed E-state index contributed by atoms with van der Waals surface area (Å²) in [5, 5.41) is 0. The number of hydrogen-bond donors (Lipinski definition) is 2. The van der Waals surface area contributed by atoms with Crippen LogP contribution >= 0.6 is 15.9 Å². The monoisotopic (exact) mass is 360 g/mol. The minimum Gasteiger partial charge on any atom is -0.399 e. The van der Waals surface area contributed by atoms with E-state index in [1.165, 1.54) is 12.5 Å². The zero-order valence-corrected chi connectivity index (χ0v) is 14.0. The molecule has 1 aromatic carbocycles. The van der Waals surface area contributed by atoms with Crippen molar-refractivity contribution < 1.29 is 8.42 Å². The Morgan fingerprint density at radius 1 is 1.35 bits per heavy atom. The molecule has 2 rings (SSSR count). The van der Waals surface area contributed by atoms with E-state index in [0.29, 0.717) is 16.1 Å². The molecule has 0 bridgehead atoms. The molecule has 0 spiro atoms. The largest absolute Gasteiger partial charge is 0.399 e. The van der Waals surface area contributed by atoms with Crippen molar-refractivity contribution in [3.05, 3.63) is 22.7 Å². The van der Waals surface area contributed by atoms with Gasteiger partial charge < -0.3 is 5.73 Å². The minimum atomic E-state index is -3.53. The number of nitrogens with two attached hydrogens (primary N) is 1. The van der Waals surface area contributed by atoms with Crippen molar-refractivity contribution in [2.75, 3.05) is 5.73 Å². The first-order valence-electron chi connectivity index (χ1n) is 7.01. The molecule has 0 aromatic heterocycles. The number of anilines is 1. The predicted octanol–water partition coefficient (Wildman–Crippen LogP) is 3.28. The van der Waals surface area contributed by atoms with Crippen LogP contribution in [0.15, 0.2) is 27.6 Å². The van der Waals surface area contributed by atoms with Gasteiger partial charge in [0, 0.05) is 16.2 Å². The van der Waals surface area contributed by atoms with Crippen molar-refractivity contribution in [3.63, 3.8) is 0 Å². The number of hydrogen-bond acceptors (Lipinski definition) is 3. The van der Waals surface area contributed by atoms with Gasteiger partial charge in [0.15, 0.2) is 0 Å². The summed E-state index contributed by atoms with van der Waals surface area (Å²) < 4.78 is 28.5. The van der Waals surface area contributed by atoms with E-state index in [9.17, 15) is 8.42 Å². The lowest BCUT2D eigenvalue weighted by atomic mass is 9.83. The predicted molar refractivity (Wildman–Crippen MR) is 84.9 cm³/mol. The molecule has 1 saturated carbocycles. The summed E-state index contributed by atoms with van der Waals surface area (Å²) in [6.07, 6.45) is 5.30. The Balaban J connectivity index is 2.24. The molecule has 1 aromatic rings. The second-order valence-corrected chi connectivity index (χ2v) is 7.91. The highest BCUT2D eigenvalue weighted by Crippen LogP contribution is 2.30. The van der Waals surface area contributed by atoms with Gasteiger partial charge in [-0.1, -0.05) is 26.2 Å². The van der Waals surface area contributed by atoms with Crippen molar-refractivity contribution in [1.29, 1.82) is 0 Å². The molecule has 20 heavy (non-hydrogen) atoms. The van der Waals surface area contributed by atoms with E-state index in [2.05, 4.69) is 27.6 Å². The average molecular weight is 361 g/mol. The van der Waals surface area contributed by atoms with E-state index in [4.69, 9.17) is 5.73 Å². The quantitative estimate of drug-likeness (QED) is 0.809. The molecular weight excluding hydrogens is 340 g/mol. The molecule has 0 heterocycles. The van der Waals surface area contributed by atoms with Gasteiger partial charge in [-0.3, -0.25) is 0 Å². The fraction of sp³-hybridized carbons (Fsp3) is 0.571. The first-order valence-corrected chi connectivity index (χ1v) is 9.29. The number of sulfonamides is 1. The van der Waals surface area contributed by atoms with Gasteiger partial charge in [0.05, 0.1) is 4.90 Å². The Hall–Kier alpha value is -0.590. The van der Waals surface area contributed by atoms with E-state index < -0.39 is 10.0 Å². The third-order valence-corrected chi connectivity index (χ3v) is 6.47. The molecular formula is C14H21BrN2O2S. The summed E-state index contributed by atoms with van der Waals surface area (Å²) in [4.78, 5) is 0.220. The van der Waals surface area contributed by atoms with E-state index in [0.717, 1.165) is 25.7 Å². The molecule has 4 nitrogen and oxygen atoms in total. The van der Waals surface area contributed by atoms with E-state index in [-0.39, 0.29) is 10.9 Å². The normalized spacial score (nSPS) is 23.7. The van der Waals surface area contributed by atoms with Crippen LogP contribution in [0.25, 0.3) is 0 Å². The summed E-state index contributed by atoms with van der Waals surface area (Å²) >= 11 is 3.29. The van der Waals surface area contributed by atoms with Crippen LogP contribution in [0.5, 0.6) is 0 Å². The van der Waals surface area contributed by atoms with Gasteiger partial charge in [-0.15, -0.1) is 0 Å². The maximum absolute atomic E-state index is 12.5. The van der Waals surface area contributed by atoms with E-state index in [1.807, 2.05) is 0 Å². The highest BCUT2D eigenvalue weighted by molar-refractivity contribution is 9.10. The Morgan fingerprint density at radius 2 is 2.05 bits per heavy atom. The van der Waals surface area contributed by atoms with Crippen LogP contribution in [-0.4, -0.2) is 14.5 Å². The molecule has 0 radical (unpaired) electrons. The Kier molecular flexibility index (Phi) is 5.09. The third-order valence-electron chi connectivity index (χ3n) is 3.98. The van der Waals surface area contributed by atoms with Crippen LogP contribution in [0.3, 0.4) is 0 Å². The van der Waals surface area contributed by atoms with Gasteiger partial charge in [-0.2, -0.15) is 0 Å². The molecule has 112 valence electrons. The van der Waals surface area contributed by atoms with Gasteiger partial charge in [0.1, 0.15) is 0 Å². The van der Waals surface area contributed by atoms with Crippen LogP contribution in [-0.2, 0) is 10.0 Å². The Labute approximate surface area is 129 Å². The van der Waals surface area contributed by atoms with Crippen molar-refractivity contribution in [2.45, 2.75) is 50.0 Å². The number of benzene rings is 1. The summed E-state index contributed by atoms with van der Waals surface area (Å²) in [7, 11) is -3.53. The molecule has 3 N–H and O–H groups in total. The average Bonchev–Trinajstić information content (AvgIpc) is 2.41. The van der Waals surface area contributed by atoms with Crippen LogP contribution in [0.1, 0.15) is 39.0 Å². The summed E-state index contributed by atoms with van der Waals surface area (Å²) in [6, 6.07) is 4.88. The smallest absolute Gasteiger partial charge is 0.242 e. The molecule has 0 saturated heterocycles. The van der Waals surface area contributed by atoms with E-state index in [1.54, 1.807) is 12.1 Å². The highest BCUT2D eigenvalue weighted by atomic mass is 79.9. The van der Waals surface area contributed by atoms with Gasteiger partial charge >= 0.3 is 0 Å². The zero-order valence-electron chi connectivity index (χ0n) is 11.6. The Morgan fingerprint density at radius 3 is 2.75 bits per heavy atom. The number of halogens is 1. The Bertz CT molecular complexity index is 575.